The maximum atomic E-state index is 13.0. The summed E-state index contributed by atoms with van der Waals surface area (Å²) in [6.07, 6.45) is -0.318. The van der Waals surface area contributed by atoms with Crippen LogP contribution in [0.4, 0.5) is 13.9 Å². The molecule has 18 heavy (non-hydrogen) atoms. The number of alkyl halides is 2. The number of hydrogen-bond acceptors (Lipinski definition) is 4. The second kappa shape index (κ2) is 4.60. The third-order valence-electron chi connectivity index (χ3n) is 2.46. The van der Waals surface area contributed by atoms with Gasteiger partial charge in [0.05, 0.1) is 6.54 Å². The number of aromatic nitrogens is 1. The Morgan fingerprint density at radius 3 is 2.83 bits per heavy atom. The zero-order valence-corrected chi connectivity index (χ0v) is 10.4. The van der Waals surface area contributed by atoms with E-state index >= 15 is 0 Å². The Labute approximate surface area is 106 Å². The van der Waals surface area contributed by atoms with E-state index in [0.717, 1.165) is 16.2 Å². The van der Waals surface area contributed by atoms with Crippen molar-refractivity contribution in [2.45, 2.75) is 19.3 Å². The van der Waals surface area contributed by atoms with Crippen LogP contribution in [0.25, 0.3) is 0 Å². The number of carbonyl (C=O) groups excluding carboxylic acids is 2. The van der Waals surface area contributed by atoms with Crippen molar-refractivity contribution in [1.29, 1.82) is 0 Å². The van der Waals surface area contributed by atoms with E-state index in [1.807, 2.05) is 0 Å². The van der Waals surface area contributed by atoms with Gasteiger partial charge in [-0.15, -0.1) is 11.3 Å². The highest BCUT2D eigenvalue weighted by atomic mass is 32.1. The summed E-state index contributed by atoms with van der Waals surface area (Å²) in [5, 5.41) is 4.17. The highest BCUT2D eigenvalue weighted by Gasteiger charge is 2.40. The standard InChI is InChI=1S/C10H11F2N3O2S/c1-6(16)13-9-14-7(4-18-9)8(17)15-3-2-10(11,12)5-15/h4H,2-3,5H2,1H3,(H,13,14,16). The quantitative estimate of drug-likeness (QED) is 0.891. The SMILES string of the molecule is CC(=O)Nc1nc(C(=O)N2CCC(F)(F)C2)cs1. The minimum Gasteiger partial charge on any atom is -0.331 e. The summed E-state index contributed by atoms with van der Waals surface area (Å²) in [6.45, 7) is 0.779. The molecule has 8 heteroatoms. The van der Waals surface area contributed by atoms with E-state index < -0.39 is 18.4 Å². The lowest BCUT2D eigenvalue weighted by Crippen LogP contribution is -2.31. The second-order valence-corrected chi connectivity index (χ2v) is 4.91. The van der Waals surface area contributed by atoms with Gasteiger partial charge in [-0.1, -0.05) is 0 Å². The number of rotatable bonds is 2. The molecule has 98 valence electrons. The number of carbonyl (C=O) groups is 2. The number of halogens is 2. The van der Waals surface area contributed by atoms with Gasteiger partial charge in [0.15, 0.2) is 5.13 Å². The first-order valence-corrected chi connectivity index (χ1v) is 6.15. The average Bonchev–Trinajstić information content (AvgIpc) is 2.83. The Morgan fingerprint density at radius 2 is 2.28 bits per heavy atom. The lowest BCUT2D eigenvalue weighted by Gasteiger charge is -2.14. The van der Waals surface area contributed by atoms with Crippen molar-refractivity contribution in [1.82, 2.24) is 9.88 Å². The number of thiazole rings is 1. The Hall–Kier alpha value is -1.57. The molecule has 0 radical (unpaired) electrons. The van der Waals surface area contributed by atoms with Gasteiger partial charge in [-0.05, 0) is 0 Å². The molecular weight excluding hydrogens is 264 g/mol. The second-order valence-electron chi connectivity index (χ2n) is 4.05. The van der Waals surface area contributed by atoms with Crippen LogP contribution in [-0.4, -0.2) is 40.7 Å². The fourth-order valence-corrected chi connectivity index (χ4v) is 2.38. The van der Waals surface area contributed by atoms with E-state index in [1.54, 1.807) is 0 Å². The molecule has 1 aliphatic rings. The third-order valence-corrected chi connectivity index (χ3v) is 3.22. The molecule has 1 aliphatic heterocycles. The normalized spacial score (nSPS) is 17.8. The smallest absolute Gasteiger partial charge is 0.273 e. The van der Waals surface area contributed by atoms with E-state index in [0.29, 0.717) is 0 Å². The number of amides is 2. The molecule has 2 rings (SSSR count). The van der Waals surface area contributed by atoms with Crippen LogP contribution in [-0.2, 0) is 4.79 Å². The Bertz CT molecular complexity index is 489. The fraction of sp³-hybridized carbons (Fsp3) is 0.500. The first-order valence-electron chi connectivity index (χ1n) is 5.28. The van der Waals surface area contributed by atoms with E-state index in [4.69, 9.17) is 0 Å². The molecule has 0 bridgehead atoms. The van der Waals surface area contributed by atoms with Crippen molar-refractivity contribution in [2.24, 2.45) is 0 Å². The molecule has 1 N–H and O–H groups in total. The van der Waals surface area contributed by atoms with Crippen molar-refractivity contribution in [3.05, 3.63) is 11.1 Å². The van der Waals surface area contributed by atoms with Gasteiger partial charge in [-0.2, -0.15) is 0 Å². The number of hydrogen-bond donors (Lipinski definition) is 1. The monoisotopic (exact) mass is 275 g/mol. The van der Waals surface area contributed by atoms with Crippen LogP contribution in [0.3, 0.4) is 0 Å². The summed E-state index contributed by atoms with van der Waals surface area (Å²) in [5.74, 6) is -3.64. The van der Waals surface area contributed by atoms with E-state index in [1.165, 1.54) is 12.3 Å². The van der Waals surface area contributed by atoms with Crippen LogP contribution in [0.15, 0.2) is 5.38 Å². The Morgan fingerprint density at radius 1 is 1.56 bits per heavy atom. The van der Waals surface area contributed by atoms with Gasteiger partial charge in [-0.3, -0.25) is 9.59 Å². The molecule has 0 spiro atoms. The molecule has 0 unspecified atom stereocenters. The minimum absolute atomic E-state index is 0.0266. The highest BCUT2D eigenvalue weighted by Crippen LogP contribution is 2.28. The Balaban J connectivity index is 2.05. The molecule has 2 heterocycles. The number of nitrogens with zero attached hydrogens (tertiary/aromatic N) is 2. The van der Waals surface area contributed by atoms with Gasteiger partial charge < -0.3 is 10.2 Å². The van der Waals surface area contributed by atoms with Gasteiger partial charge in [0, 0.05) is 25.3 Å². The molecule has 1 saturated heterocycles. The minimum atomic E-state index is -2.81. The summed E-state index contributed by atoms with van der Waals surface area (Å²) in [4.78, 5) is 27.6. The van der Waals surface area contributed by atoms with Gasteiger partial charge in [0.25, 0.3) is 11.8 Å². The maximum Gasteiger partial charge on any atom is 0.273 e. The van der Waals surface area contributed by atoms with Crippen molar-refractivity contribution < 1.29 is 18.4 Å². The zero-order chi connectivity index (χ0) is 13.3. The molecule has 1 fully saturated rings. The lowest BCUT2D eigenvalue weighted by molar-refractivity contribution is -0.114. The molecule has 0 aromatic carbocycles. The average molecular weight is 275 g/mol. The largest absolute Gasteiger partial charge is 0.331 e. The molecular formula is C10H11F2N3O2S. The van der Waals surface area contributed by atoms with Crippen molar-refractivity contribution in [3.63, 3.8) is 0 Å². The molecule has 5 nitrogen and oxygen atoms in total. The molecule has 1 aromatic rings. The number of anilines is 1. The Kier molecular flexibility index (Phi) is 3.29. The van der Waals surface area contributed by atoms with Gasteiger partial charge >= 0.3 is 0 Å². The van der Waals surface area contributed by atoms with Crippen LogP contribution in [0, 0.1) is 0 Å². The topological polar surface area (TPSA) is 62.3 Å². The summed E-state index contributed by atoms with van der Waals surface area (Å²) in [5.41, 5.74) is 0.0847. The predicted octanol–water partition coefficient (Wildman–Crippen LogP) is 1.58. The highest BCUT2D eigenvalue weighted by molar-refractivity contribution is 7.14. The van der Waals surface area contributed by atoms with Crippen LogP contribution < -0.4 is 5.32 Å². The van der Waals surface area contributed by atoms with Crippen molar-refractivity contribution in [3.8, 4) is 0 Å². The summed E-state index contributed by atoms with van der Waals surface area (Å²) < 4.78 is 26.0. The molecule has 0 atom stereocenters. The zero-order valence-electron chi connectivity index (χ0n) is 9.57. The van der Waals surface area contributed by atoms with E-state index in [9.17, 15) is 18.4 Å². The van der Waals surface area contributed by atoms with Gasteiger partial charge in [-0.25, -0.2) is 13.8 Å². The maximum absolute atomic E-state index is 13.0. The van der Waals surface area contributed by atoms with Crippen LogP contribution in [0.2, 0.25) is 0 Å². The first kappa shape index (κ1) is 12.9. The van der Waals surface area contributed by atoms with Crippen LogP contribution in [0.1, 0.15) is 23.8 Å². The summed E-state index contributed by atoms with van der Waals surface area (Å²) in [7, 11) is 0. The molecule has 2 amide bonds. The van der Waals surface area contributed by atoms with E-state index in [-0.39, 0.29) is 29.7 Å². The third kappa shape index (κ3) is 2.81. The fourth-order valence-electron chi connectivity index (χ4n) is 1.65. The first-order chi connectivity index (χ1) is 8.37. The summed E-state index contributed by atoms with van der Waals surface area (Å²) in [6, 6.07) is 0. The summed E-state index contributed by atoms with van der Waals surface area (Å²) >= 11 is 1.09. The molecule has 0 aliphatic carbocycles. The van der Waals surface area contributed by atoms with Crippen molar-refractivity contribution in [2.75, 3.05) is 18.4 Å². The van der Waals surface area contributed by atoms with E-state index in [2.05, 4.69) is 10.3 Å². The van der Waals surface area contributed by atoms with Crippen LogP contribution >= 0.6 is 11.3 Å². The number of nitrogens with one attached hydrogen (secondary N) is 1. The lowest BCUT2D eigenvalue weighted by atomic mass is 10.3. The van der Waals surface area contributed by atoms with Crippen LogP contribution in [0.5, 0.6) is 0 Å². The molecule has 1 aromatic heterocycles. The van der Waals surface area contributed by atoms with Gasteiger partial charge in [0.2, 0.25) is 5.91 Å². The predicted molar refractivity (Wildman–Crippen MR) is 61.9 cm³/mol. The van der Waals surface area contributed by atoms with Gasteiger partial charge in [0.1, 0.15) is 5.69 Å². The molecule has 0 saturated carbocycles. The van der Waals surface area contributed by atoms with Crippen molar-refractivity contribution >= 4 is 28.3 Å². The number of likely N-dealkylation sites (tertiary alicyclic amines) is 1.